The molecule has 1 N–H and O–H groups in total. The maximum Gasteiger partial charge on any atom is 0.182 e. The average Bonchev–Trinajstić information content (AvgIpc) is 2.24. The summed E-state index contributed by atoms with van der Waals surface area (Å²) in [5, 5.41) is 2.93. The summed E-state index contributed by atoms with van der Waals surface area (Å²) in [4.78, 5) is 0. The van der Waals surface area contributed by atoms with Crippen LogP contribution in [0.1, 0.15) is 39.5 Å². The van der Waals surface area contributed by atoms with E-state index in [-0.39, 0.29) is 17.1 Å². The van der Waals surface area contributed by atoms with E-state index in [0.29, 0.717) is 6.07 Å². The number of hydrogen-bond donors (Lipinski definition) is 1. The number of anilines is 1. The second-order valence-electron chi connectivity index (χ2n) is 5.85. The van der Waals surface area contributed by atoms with Crippen molar-refractivity contribution in [1.29, 1.82) is 0 Å². The second-order valence-corrected chi connectivity index (χ2v) is 5.85. The van der Waals surface area contributed by atoms with Gasteiger partial charge in [0.1, 0.15) is 5.82 Å². The van der Waals surface area contributed by atoms with Gasteiger partial charge in [-0.1, -0.05) is 20.3 Å². The summed E-state index contributed by atoms with van der Waals surface area (Å²) >= 11 is 0. The molecule has 0 aromatic heterocycles. The van der Waals surface area contributed by atoms with E-state index in [1.165, 1.54) is 0 Å². The van der Waals surface area contributed by atoms with Crippen molar-refractivity contribution in [2.24, 2.45) is 5.41 Å². The molecule has 0 heterocycles. The zero-order chi connectivity index (χ0) is 13.3. The fraction of sp³-hybridized carbons (Fsp3) is 0.571. The number of rotatable bonds is 2. The molecule has 4 heteroatoms. The number of benzene rings is 1. The van der Waals surface area contributed by atoms with Crippen molar-refractivity contribution in [2.45, 2.75) is 45.6 Å². The Morgan fingerprint density at radius 2 is 1.94 bits per heavy atom. The molecule has 0 saturated heterocycles. The summed E-state index contributed by atoms with van der Waals surface area (Å²) in [7, 11) is 0. The molecule has 0 radical (unpaired) electrons. The maximum absolute atomic E-state index is 13.5. The van der Waals surface area contributed by atoms with Crippen molar-refractivity contribution in [3.63, 3.8) is 0 Å². The van der Waals surface area contributed by atoms with Crippen LogP contribution in [0.2, 0.25) is 0 Å². The van der Waals surface area contributed by atoms with Crippen LogP contribution in [0.3, 0.4) is 0 Å². The van der Waals surface area contributed by atoms with Crippen molar-refractivity contribution in [2.75, 3.05) is 5.32 Å². The molecule has 1 aliphatic carbocycles. The van der Waals surface area contributed by atoms with Crippen molar-refractivity contribution < 1.29 is 13.2 Å². The lowest BCUT2D eigenvalue weighted by Gasteiger charge is -2.36. The van der Waals surface area contributed by atoms with Crippen LogP contribution in [0.5, 0.6) is 0 Å². The van der Waals surface area contributed by atoms with E-state index < -0.39 is 17.5 Å². The highest BCUT2D eigenvalue weighted by Gasteiger charge is 2.28. The molecule has 1 aromatic rings. The number of halogens is 3. The largest absolute Gasteiger partial charge is 0.380 e. The molecule has 0 aliphatic heterocycles. The van der Waals surface area contributed by atoms with Gasteiger partial charge in [-0.2, -0.15) is 0 Å². The number of hydrogen-bond acceptors (Lipinski definition) is 1. The quantitative estimate of drug-likeness (QED) is 0.770. The highest BCUT2D eigenvalue weighted by Crippen LogP contribution is 2.36. The van der Waals surface area contributed by atoms with Gasteiger partial charge in [-0.3, -0.25) is 0 Å². The summed E-state index contributed by atoms with van der Waals surface area (Å²) in [6.45, 7) is 4.31. The summed E-state index contributed by atoms with van der Waals surface area (Å²) in [5.74, 6) is -2.90. The predicted octanol–water partition coefficient (Wildman–Crippen LogP) is 4.48. The van der Waals surface area contributed by atoms with E-state index >= 15 is 0 Å². The standard InChI is InChI=1S/C14H18F3N/c1-14(2)5-3-4-10(8-14)18-12-7-9(15)6-11(16)13(12)17/h6-7,10,18H,3-5,8H2,1-2H3. The molecule has 1 aromatic carbocycles. The molecule has 1 saturated carbocycles. The van der Waals surface area contributed by atoms with E-state index in [2.05, 4.69) is 19.2 Å². The lowest BCUT2D eigenvalue weighted by atomic mass is 9.75. The van der Waals surface area contributed by atoms with Crippen molar-refractivity contribution >= 4 is 5.69 Å². The van der Waals surface area contributed by atoms with Gasteiger partial charge < -0.3 is 5.32 Å². The van der Waals surface area contributed by atoms with Crippen LogP contribution >= 0.6 is 0 Å². The topological polar surface area (TPSA) is 12.0 Å². The Morgan fingerprint density at radius 1 is 1.22 bits per heavy atom. The first kappa shape index (κ1) is 13.2. The van der Waals surface area contributed by atoms with Gasteiger partial charge in [0.05, 0.1) is 5.69 Å². The Labute approximate surface area is 105 Å². The molecule has 0 amide bonds. The molecule has 1 fully saturated rings. The van der Waals surface area contributed by atoms with Gasteiger partial charge in [0.25, 0.3) is 0 Å². The highest BCUT2D eigenvalue weighted by atomic mass is 19.2. The lowest BCUT2D eigenvalue weighted by Crippen LogP contribution is -2.32. The summed E-state index contributed by atoms with van der Waals surface area (Å²) in [5.41, 5.74) is 0.119. The van der Waals surface area contributed by atoms with Crippen LogP contribution in [0.4, 0.5) is 18.9 Å². The maximum atomic E-state index is 13.5. The van der Waals surface area contributed by atoms with Gasteiger partial charge in [-0.15, -0.1) is 0 Å². The third kappa shape index (κ3) is 2.98. The normalized spacial score (nSPS) is 22.8. The minimum absolute atomic E-state index is 0.0736. The first-order valence-corrected chi connectivity index (χ1v) is 6.28. The van der Waals surface area contributed by atoms with Crippen LogP contribution in [0, 0.1) is 22.9 Å². The fourth-order valence-electron chi connectivity index (χ4n) is 2.70. The predicted molar refractivity (Wildman–Crippen MR) is 66.0 cm³/mol. The van der Waals surface area contributed by atoms with Gasteiger partial charge >= 0.3 is 0 Å². The van der Waals surface area contributed by atoms with Crippen LogP contribution in [0.15, 0.2) is 12.1 Å². The summed E-state index contributed by atoms with van der Waals surface area (Å²) in [6.07, 6.45) is 3.96. The van der Waals surface area contributed by atoms with Crippen molar-refractivity contribution in [3.8, 4) is 0 Å². The smallest absolute Gasteiger partial charge is 0.182 e. The van der Waals surface area contributed by atoms with Gasteiger partial charge in [-0.25, -0.2) is 13.2 Å². The van der Waals surface area contributed by atoms with Crippen LogP contribution in [0.25, 0.3) is 0 Å². The molecular weight excluding hydrogens is 239 g/mol. The van der Waals surface area contributed by atoms with E-state index in [4.69, 9.17) is 0 Å². The fourth-order valence-corrected chi connectivity index (χ4v) is 2.70. The molecule has 18 heavy (non-hydrogen) atoms. The molecule has 0 spiro atoms. The Balaban J connectivity index is 2.14. The Kier molecular flexibility index (Phi) is 3.55. The van der Waals surface area contributed by atoms with Crippen LogP contribution in [-0.2, 0) is 0 Å². The lowest BCUT2D eigenvalue weighted by molar-refractivity contribution is 0.229. The molecular formula is C14H18F3N. The van der Waals surface area contributed by atoms with E-state index in [0.717, 1.165) is 31.7 Å². The third-order valence-corrected chi connectivity index (χ3v) is 3.56. The molecule has 1 atom stereocenters. The first-order chi connectivity index (χ1) is 8.37. The summed E-state index contributed by atoms with van der Waals surface area (Å²) < 4.78 is 39.7. The minimum atomic E-state index is -1.15. The molecule has 100 valence electrons. The first-order valence-electron chi connectivity index (χ1n) is 6.28. The molecule has 1 unspecified atom stereocenters. The Bertz CT molecular complexity index is 443. The Morgan fingerprint density at radius 3 is 2.61 bits per heavy atom. The van der Waals surface area contributed by atoms with E-state index in [1.54, 1.807) is 0 Å². The second kappa shape index (κ2) is 4.82. The molecule has 1 aliphatic rings. The monoisotopic (exact) mass is 257 g/mol. The van der Waals surface area contributed by atoms with Crippen LogP contribution < -0.4 is 5.32 Å². The average molecular weight is 257 g/mol. The third-order valence-electron chi connectivity index (χ3n) is 3.56. The molecule has 2 rings (SSSR count). The van der Waals surface area contributed by atoms with Gasteiger partial charge in [-0.05, 0) is 24.7 Å². The SMILES string of the molecule is CC1(C)CCCC(Nc2cc(F)cc(F)c2F)C1. The van der Waals surface area contributed by atoms with Crippen molar-refractivity contribution in [3.05, 3.63) is 29.6 Å². The Hall–Kier alpha value is -1.19. The zero-order valence-electron chi connectivity index (χ0n) is 10.7. The van der Waals surface area contributed by atoms with Gasteiger partial charge in [0.2, 0.25) is 0 Å². The van der Waals surface area contributed by atoms with E-state index in [1.807, 2.05) is 0 Å². The minimum Gasteiger partial charge on any atom is -0.380 e. The van der Waals surface area contributed by atoms with Crippen molar-refractivity contribution in [1.82, 2.24) is 0 Å². The highest BCUT2D eigenvalue weighted by molar-refractivity contribution is 5.46. The van der Waals surface area contributed by atoms with Gasteiger partial charge in [0, 0.05) is 18.2 Å². The zero-order valence-corrected chi connectivity index (χ0v) is 10.7. The summed E-state index contributed by atoms with van der Waals surface area (Å²) in [6, 6.07) is 1.65. The van der Waals surface area contributed by atoms with Crippen LogP contribution in [-0.4, -0.2) is 6.04 Å². The van der Waals surface area contributed by atoms with Gasteiger partial charge in [0.15, 0.2) is 11.6 Å². The number of nitrogens with one attached hydrogen (secondary N) is 1. The molecule has 0 bridgehead atoms. The molecule has 1 nitrogen and oxygen atoms in total. The van der Waals surface area contributed by atoms with E-state index in [9.17, 15) is 13.2 Å².